The average molecular weight is 331 g/mol. The molecule has 24 heavy (non-hydrogen) atoms. The van der Waals surface area contributed by atoms with Crippen LogP contribution in [-0.2, 0) is 4.79 Å². The molecule has 132 valence electrons. The van der Waals surface area contributed by atoms with Crippen LogP contribution in [0.4, 0.5) is 5.95 Å². The number of hydrogen-bond donors (Lipinski definition) is 0. The van der Waals surface area contributed by atoms with Crippen LogP contribution in [0.3, 0.4) is 0 Å². The Morgan fingerprint density at radius 1 is 1.12 bits per heavy atom. The maximum atomic E-state index is 13.0. The van der Waals surface area contributed by atoms with Crippen LogP contribution >= 0.6 is 0 Å². The van der Waals surface area contributed by atoms with E-state index in [0.717, 1.165) is 57.8 Å². The third kappa shape index (κ3) is 4.04. The smallest absolute Gasteiger partial charge is 0.226 e. The summed E-state index contributed by atoms with van der Waals surface area (Å²) in [5, 5.41) is 0. The van der Waals surface area contributed by atoms with E-state index in [4.69, 9.17) is 0 Å². The highest BCUT2D eigenvalue weighted by Crippen LogP contribution is 2.26. The number of likely N-dealkylation sites (N-methyl/N-ethyl adjacent to an activating group) is 1. The molecule has 1 atom stereocenters. The molecule has 3 heterocycles. The number of nitrogens with zero attached hydrogens (tertiary/aromatic N) is 5. The lowest BCUT2D eigenvalue weighted by atomic mass is 9.92. The molecule has 2 fully saturated rings. The topological polar surface area (TPSA) is 52.6 Å². The molecule has 3 rings (SSSR count). The number of piperidine rings is 2. The van der Waals surface area contributed by atoms with E-state index in [1.54, 1.807) is 12.4 Å². The summed E-state index contributed by atoms with van der Waals surface area (Å²) in [6, 6.07) is 2.22. The Bertz CT molecular complexity index is 527. The van der Waals surface area contributed by atoms with Crippen molar-refractivity contribution in [3.63, 3.8) is 0 Å². The summed E-state index contributed by atoms with van der Waals surface area (Å²) in [6.07, 6.45) is 8.89. The highest BCUT2D eigenvalue weighted by atomic mass is 16.2. The quantitative estimate of drug-likeness (QED) is 0.839. The van der Waals surface area contributed by atoms with Gasteiger partial charge in [-0.25, -0.2) is 9.97 Å². The van der Waals surface area contributed by atoms with Gasteiger partial charge in [0.2, 0.25) is 11.9 Å². The van der Waals surface area contributed by atoms with E-state index >= 15 is 0 Å². The summed E-state index contributed by atoms with van der Waals surface area (Å²) >= 11 is 0. The van der Waals surface area contributed by atoms with E-state index in [-0.39, 0.29) is 5.92 Å². The van der Waals surface area contributed by atoms with Gasteiger partial charge in [-0.2, -0.15) is 0 Å². The Hall–Kier alpha value is -1.69. The number of rotatable bonds is 4. The number of anilines is 1. The summed E-state index contributed by atoms with van der Waals surface area (Å²) < 4.78 is 0. The Labute approximate surface area is 144 Å². The normalized spacial score (nSPS) is 22.9. The van der Waals surface area contributed by atoms with Gasteiger partial charge in [0.05, 0.1) is 0 Å². The number of carbonyl (C=O) groups excluding carboxylic acids is 1. The molecule has 1 aromatic rings. The lowest BCUT2D eigenvalue weighted by Crippen LogP contribution is -2.51. The summed E-state index contributed by atoms with van der Waals surface area (Å²) in [6.45, 7) is 3.64. The predicted octanol–water partition coefficient (Wildman–Crippen LogP) is 1.64. The first-order valence-electron chi connectivity index (χ1n) is 9.12. The van der Waals surface area contributed by atoms with Crippen LogP contribution in [0.5, 0.6) is 0 Å². The van der Waals surface area contributed by atoms with E-state index in [9.17, 15) is 4.79 Å². The van der Waals surface area contributed by atoms with Crippen molar-refractivity contribution >= 4 is 11.9 Å². The van der Waals surface area contributed by atoms with Crippen LogP contribution in [0.1, 0.15) is 32.1 Å². The van der Waals surface area contributed by atoms with Gasteiger partial charge in [0.25, 0.3) is 0 Å². The molecule has 6 nitrogen and oxygen atoms in total. The van der Waals surface area contributed by atoms with E-state index in [0.29, 0.717) is 11.9 Å². The molecule has 0 aromatic carbocycles. The second-order valence-corrected chi connectivity index (χ2v) is 7.25. The van der Waals surface area contributed by atoms with Gasteiger partial charge < -0.3 is 14.7 Å². The summed E-state index contributed by atoms with van der Waals surface area (Å²) in [4.78, 5) is 28.2. The molecule has 1 amide bonds. The fourth-order valence-electron chi connectivity index (χ4n) is 3.92. The predicted molar refractivity (Wildman–Crippen MR) is 94.9 cm³/mol. The highest BCUT2D eigenvalue weighted by Gasteiger charge is 2.33. The zero-order valence-electron chi connectivity index (χ0n) is 14.9. The molecule has 1 aromatic heterocycles. The first kappa shape index (κ1) is 17.1. The van der Waals surface area contributed by atoms with Gasteiger partial charge >= 0.3 is 0 Å². The second kappa shape index (κ2) is 7.92. The molecule has 0 spiro atoms. The summed E-state index contributed by atoms with van der Waals surface area (Å²) in [5.74, 6) is 1.31. The lowest BCUT2D eigenvalue weighted by Gasteiger charge is -2.41. The van der Waals surface area contributed by atoms with Gasteiger partial charge in [0.15, 0.2) is 0 Å². The first-order chi connectivity index (χ1) is 11.6. The lowest BCUT2D eigenvalue weighted by molar-refractivity contribution is -0.140. The monoisotopic (exact) mass is 331 g/mol. The number of amides is 1. The van der Waals surface area contributed by atoms with Gasteiger partial charge in [-0.1, -0.05) is 0 Å². The minimum Gasteiger partial charge on any atom is -0.341 e. The zero-order valence-corrected chi connectivity index (χ0v) is 14.9. The minimum absolute atomic E-state index is 0.160. The van der Waals surface area contributed by atoms with Gasteiger partial charge in [0.1, 0.15) is 0 Å². The molecule has 0 saturated carbocycles. The molecule has 0 N–H and O–H groups in total. The molecule has 0 unspecified atom stereocenters. The minimum atomic E-state index is 0.160. The SMILES string of the molecule is CN(C)C[C@H]1CCCCN1C(=O)C1CCN(c2ncccn2)CC1. The maximum absolute atomic E-state index is 13.0. The number of aromatic nitrogens is 2. The highest BCUT2D eigenvalue weighted by molar-refractivity contribution is 5.79. The van der Waals surface area contributed by atoms with Gasteiger partial charge in [-0.15, -0.1) is 0 Å². The number of hydrogen-bond acceptors (Lipinski definition) is 5. The van der Waals surface area contributed by atoms with Crippen molar-refractivity contribution in [1.29, 1.82) is 0 Å². The van der Waals surface area contributed by atoms with Crippen LogP contribution in [0.25, 0.3) is 0 Å². The van der Waals surface area contributed by atoms with Crippen molar-refractivity contribution < 1.29 is 4.79 Å². The Balaban J connectivity index is 1.57. The van der Waals surface area contributed by atoms with Crippen molar-refractivity contribution in [3.05, 3.63) is 18.5 Å². The Kier molecular flexibility index (Phi) is 5.66. The van der Waals surface area contributed by atoms with Crippen molar-refractivity contribution in [2.24, 2.45) is 5.92 Å². The zero-order chi connectivity index (χ0) is 16.9. The fraction of sp³-hybridized carbons (Fsp3) is 0.722. The third-order valence-corrected chi connectivity index (χ3v) is 5.17. The Morgan fingerprint density at radius 2 is 1.83 bits per heavy atom. The van der Waals surface area contributed by atoms with Crippen LogP contribution in [0.15, 0.2) is 18.5 Å². The van der Waals surface area contributed by atoms with E-state index in [1.807, 2.05) is 6.07 Å². The molecule has 0 bridgehead atoms. The van der Waals surface area contributed by atoms with E-state index in [2.05, 4.69) is 38.8 Å². The third-order valence-electron chi connectivity index (χ3n) is 5.17. The molecule has 0 radical (unpaired) electrons. The van der Waals surface area contributed by atoms with Gasteiger partial charge in [-0.05, 0) is 52.3 Å². The summed E-state index contributed by atoms with van der Waals surface area (Å²) in [7, 11) is 4.19. The van der Waals surface area contributed by atoms with E-state index < -0.39 is 0 Å². The second-order valence-electron chi connectivity index (χ2n) is 7.25. The molecule has 2 aliphatic rings. The fourth-order valence-corrected chi connectivity index (χ4v) is 3.92. The molecule has 6 heteroatoms. The van der Waals surface area contributed by atoms with Gasteiger partial charge in [-0.3, -0.25) is 4.79 Å². The molecule has 2 saturated heterocycles. The molecule has 2 aliphatic heterocycles. The average Bonchev–Trinajstić information content (AvgIpc) is 2.62. The first-order valence-corrected chi connectivity index (χ1v) is 9.12. The van der Waals surface area contributed by atoms with Crippen molar-refractivity contribution in [3.8, 4) is 0 Å². The van der Waals surface area contributed by atoms with Gasteiger partial charge in [0, 0.05) is 50.5 Å². The molecule has 0 aliphatic carbocycles. The number of carbonyl (C=O) groups is 1. The molecular formula is C18H29N5O. The standard InChI is InChI=1S/C18H29N5O/c1-21(2)14-16-6-3-4-11-23(16)17(24)15-7-12-22(13-8-15)18-19-9-5-10-20-18/h5,9-10,15-16H,3-4,6-8,11-14H2,1-2H3/t16-/m1/s1. The molecular weight excluding hydrogens is 302 g/mol. The largest absolute Gasteiger partial charge is 0.341 e. The van der Waals surface area contributed by atoms with Crippen molar-refractivity contribution in [2.75, 3.05) is 45.2 Å². The van der Waals surface area contributed by atoms with E-state index in [1.165, 1.54) is 6.42 Å². The van der Waals surface area contributed by atoms with Crippen molar-refractivity contribution in [2.45, 2.75) is 38.1 Å². The van der Waals surface area contributed by atoms with Crippen LogP contribution in [0.2, 0.25) is 0 Å². The maximum Gasteiger partial charge on any atom is 0.226 e. The number of likely N-dealkylation sites (tertiary alicyclic amines) is 1. The van der Waals surface area contributed by atoms with Crippen LogP contribution in [0, 0.1) is 5.92 Å². The van der Waals surface area contributed by atoms with Crippen molar-refractivity contribution in [1.82, 2.24) is 19.8 Å². The van der Waals surface area contributed by atoms with Crippen LogP contribution in [-0.4, -0.2) is 72.0 Å². The summed E-state index contributed by atoms with van der Waals surface area (Å²) in [5.41, 5.74) is 0. The Morgan fingerprint density at radius 3 is 2.50 bits per heavy atom. The van der Waals surface area contributed by atoms with Crippen LogP contribution < -0.4 is 4.90 Å².